The van der Waals surface area contributed by atoms with Gasteiger partial charge in [0.1, 0.15) is 29.6 Å². The topological polar surface area (TPSA) is 140 Å². The van der Waals surface area contributed by atoms with Crippen molar-refractivity contribution < 1.29 is 38.3 Å². The summed E-state index contributed by atoms with van der Waals surface area (Å²) in [5, 5.41) is 24.7. The molecule has 0 aliphatic carbocycles. The van der Waals surface area contributed by atoms with Crippen LogP contribution in [0.15, 0.2) is 49.0 Å². The molecule has 1 aromatic heterocycles. The molecule has 3 heterocycles. The summed E-state index contributed by atoms with van der Waals surface area (Å²) in [5.74, 6) is -0.569. The van der Waals surface area contributed by atoms with Crippen LogP contribution in [-0.2, 0) is 35.4 Å². The lowest BCUT2D eigenvalue weighted by Gasteiger charge is -2.35. The van der Waals surface area contributed by atoms with E-state index in [2.05, 4.69) is 16.7 Å². The molecular formula is C23H32N3O8PS. The molecule has 3 N–H and O–H groups in total. The fourth-order valence-electron chi connectivity index (χ4n) is 3.63. The zero-order valence-corrected chi connectivity index (χ0v) is 22.3. The van der Waals surface area contributed by atoms with Crippen LogP contribution in [-0.4, -0.2) is 74.8 Å². The minimum atomic E-state index is -3.42. The van der Waals surface area contributed by atoms with Crippen molar-refractivity contribution in [2.24, 2.45) is 0 Å². The number of rotatable bonds is 10. The fourth-order valence-corrected chi connectivity index (χ4v) is 6.03. The van der Waals surface area contributed by atoms with Gasteiger partial charge in [-0.05, 0) is 63.3 Å². The Morgan fingerprint density at radius 1 is 1.47 bits per heavy atom. The largest absolute Gasteiger partial charge is 0.462 e. The van der Waals surface area contributed by atoms with Gasteiger partial charge in [0.05, 0.1) is 25.3 Å². The Hall–Kier alpha value is -2.18. The van der Waals surface area contributed by atoms with Gasteiger partial charge in [0.2, 0.25) is 5.91 Å². The van der Waals surface area contributed by atoms with Gasteiger partial charge in [0.15, 0.2) is 6.23 Å². The molecule has 0 radical (unpaired) electrons. The van der Waals surface area contributed by atoms with Gasteiger partial charge in [0, 0.05) is 12.4 Å². The highest BCUT2D eigenvalue weighted by molar-refractivity contribution is 8.09. The van der Waals surface area contributed by atoms with Crippen molar-refractivity contribution in [3.05, 3.63) is 49.0 Å². The SMILES string of the molecule is C=C1C=CN([C@@H]2O[C@H](COP(=S)(NC(C)C(=O)OC(C)C)Oc3cccnc3)[C@@H](O)[C@@]2(C)O)C(=O)C1. The van der Waals surface area contributed by atoms with Crippen LogP contribution >= 0.6 is 6.64 Å². The second kappa shape index (κ2) is 11.5. The molecule has 2 unspecified atom stereocenters. The van der Waals surface area contributed by atoms with Crippen LogP contribution in [0.5, 0.6) is 5.75 Å². The maximum Gasteiger partial charge on any atom is 0.323 e. The summed E-state index contributed by atoms with van der Waals surface area (Å²) < 4.78 is 22.9. The number of hydrogen-bond acceptors (Lipinski definition) is 10. The van der Waals surface area contributed by atoms with Crippen molar-refractivity contribution >= 4 is 30.3 Å². The molecule has 1 fully saturated rings. The second-order valence-electron chi connectivity index (χ2n) is 9.06. The predicted octanol–water partition coefficient (Wildman–Crippen LogP) is 1.77. The van der Waals surface area contributed by atoms with Gasteiger partial charge in [-0.3, -0.25) is 19.5 Å². The average molecular weight is 542 g/mol. The Kier molecular flexibility index (Phi) is 9.05. The normalized spacial score (nSPS) is 28.8. The number of nitrogens with zero attached hydrogens (tertiary/aromatic N) is 2. The molecule has 0 spiro atoms. The number of aromatic nitrogens is 1. The van der Waals surface area contributed by atoms with Crippen LogP contribution in [0.4, 0.5) is 0 Å². The van der Waals surface area contributed by atoms with Crippen molar-refractivity contribution in [2.75, 3.05) is 6.61 Å². The monoisotopic (exact) mass is 541 g/mol. The van der Waals surface area contributed by atoms with Crippen molar-refractivity contribution in [2.45, 2.75) is 70.3 Å². The Balaban J connectivity index is 1.76. The molecule has 6 atom stereocenters. The van der Waals surface area contributed by atoms with Crippen LogP contribution < -0.4 is 9.61 Å². The van der Waals surface area contributed by atoms with E-state index >= 15 is 0 Å². The van der Waals surface area contributed by atoms with E-state index in [0.29, 0.717) is 11.3 Å². The highest BCUT2D eigenvalue weighted by atomic mass is 32.5. The van der Waals surface area contributed by atoms with E-state index in [1.165, 1.54) is 24.2 Å². The lowest BCUT2D eigenvalue weighted by Crippen LogP contribution is -2.53. The molecule has 198 valence electrons. The number of esters is 1. The van der Waals surface area contributed by atoms with Crippen molar-refractivity contribution in [3.8, 4) is 5.75 Å². The van der Waals surface area contributed by atoms with E-state index in [-0.39, 0.29) is 25.0 Å². The Morgan fingerprint density at radius 3 is 2.81 bits per heavy atom. The van der Waals surface area contributed by atoms with E-state index in [1.54, 1.807) is 45.2 Å². The van der Waals surface area contributed by atoms with E-state index in [0.717, 1.165) is 0 Å². The molecular weight excluding hydrogens is 509 g/mol. The van der Waals surface area contributed by atoms with Crippen molar-refractivity contribution in [3.63, 3.8) is 0 Å². The van der Waals surface area contributed by atoms with Crippen molar-refractivity contribution in [1.82, 2.24) is 15.0 Å². The van der Waals surface area contributed by atoms with Gasteiger partial charge >= 0.3 is 12.6 Å². The van der Waals surface area contributed by atoms with E-state index in [4.69, 9.17) is 30.3 Å². The number of carbonyl (C=O) groups is 2. The molecule has 0 bridgehead atoms. The third-order valence-corrected chi connectivity index (χ3v) is 7.97. The first-order valence-corrected chi connectivity index (χ1v) is 14.0. The zero-order valence-electron chi connectivity index (χ0n) is 20.6. The Labute approximate surface area is 215 Å². The van der Waals surface area contributed by atoms with Crippen LogP contribution in [0.25, 0.3) is 0 Å². The zero-order chi connectivity index (χ0) is 26.7. The first-order chi connectivity index (χ1) is 16.8. The molecule has 1 amide bonds. The quantitative estimate of drug-likeness (QED) is 0.295. The molecule has 0 aromatic carbocycles. The maximum atomic E-state index is 12.5. The third kappa shape index (κ3) is 6.77. The summed E-state index contributed by atoms with van der Waals surface area (Å²) in [6.45, 7) is 6.42. The molecule has 36 heavy (non-hydrogen) atoms. The van der Waals surface area contributed by atoms with Crippen LogP contribution in [0.3, 0.4) is 0 Å². The van der Waals surface area contributed by atoms with Crippen molar-refractivity contribution in [1.29, 1.82) is 0 Å². The third-order valence-electron chi connectivity index (χ3n) is 5.47. The summed E-state index contributed by atoms with van der Waals surface area (Å²) in [5.41, 5.74) is -1.18. The molecule has 13 heteroatoms. The number of nitrogens with one attached hydrogen (secondary N) is 1. The van der Waals surface area contributed by atoms with Crippen LogP contribution in [0, 0.1) is 0 Å². The Bertz CT molecular complexity index is 1050. The van der Waals surface area contributed by atoms with Gasteiger partial charge in [-0.25, -0.2) is 5.09 Å². The number of hydrogen-bond donors (Lipinski definition) is 3. The number of pyridine rings is 1. The van der Waals surface area contributed by atoms with E-state index in [1.807, 2.05) is 0 Å². The summed E-state index contributed by atoms with van der Waals surface area (Å²) >= 11 is 5.64. The smallest absolute Gasteiger partial charge is 0.323 e. The lowest BCUT2D eigenvalue weighted by molar-refractivity contribution is -0.156. The minimum absolute atomic E-state index is 0.0672. The number of aliphatic hydroxyl groups is 2. The summed E-state index contributed by atoms with van der Waals surface area (Å²) in [4.78, 5) is 30.1. The highest BCUT2D eigenvalue weighted by Crippen LogP contribution is 2.46. The van der Waals surface area contributed by atoms with E-state index in [9.17, 15) is 19.8 Å². The predicted molar refractivity (Wildman–Crippen MR) is 134 cm³/mol. The summed E-state index contributed by atoms with van der Waals surface area (Å²) in [6, 6.07) is 2.40. The van der Waals surface area contributed by atoms with Crippen LogP contribution in [0.1, 0.15) is 34.1 Å². The standard InChI is InChI=1S/C23H32N3O8PS/c1-14(2)32-21(29)16(4)25-35(36,34-17-7-6-9-24-12-17)31-13-18-20(28)23(5,30)22(33-18)26-10-8-15(3)11-19(26)27/h6-10,12,14,16,18,20,22,28,30H,3,11,13H2,1-2,4-5H3,(H,25,36)/t16?,18-,20-,22-,23-,35?/m1/s1. The second-order valence-corrected chi connectivity index (χ2v) is 12.2. The maximum absolute atomic E-state index is 12.5. The molecule has 0 saturated carbocycles. The molecule has 1 aromatic rings. The average Bonchev–Trinajstić information content (AvgIpc) is 3.01. The molecule has 2 aliphatic rings. The fraction of sp³-hybridized carbons (Fsp3) is 0.522. The minimum Gasteiger partial charge on any atom is -0.462 e. The van der Waals surface area contributed by atoms with Gasteiger partial charge < -0.3 is 28.7 Å². The molecule has 2 aliphatic heterocycles. The number of ether oxygens (including phenoxy) is 2. The summed E-state index contributed by atoms with van der Waals surface area (Å²) in [6.07, 6.45) is 2.19. The number of amides is 1. The number of aliphatic hydroxyl groups excluding tert-OH is 1. The van der Waals surface area contributed by atoms with Gasteiger partial charge in [-0.2, -0.15) is 0 Å². The lowest BCUT2D eigenvalue weighted by atomic mass is 9.95. The van der Waals surface area contributed by atoms with E-state index < -0.39 is 42.7 Å². The Morgan fingerprint density at radius 2 is 2.19 bits per heavy atom. The highest BCUT2D eigenvalue weighted by Gasteiger charge is 2.55. The number of carbonyl (C=O) groups excluding carboxylic acids is 2. The number of allylic oxidation sites excluding steroid dienone is 1. The van der Waals surface area contributed by atoms with Gasteiger partial charge in [-0.15, -0.1) is 0 Å². The summed E-state index contributed by atoms with van der Waals surface area (Å²) in [7, 11) is 0. The molecule has 3 rings (SSSR count). The molecule has 1 saturated heterocycles. The van der Waals surface area contributed by atoms with Gasteiger partial charge in [-0.1, -0.05) is 6.58 Å². The first-order valence-electron chi connectivity index (χ1n) is 11.4. The molecule has 11 nitrogen and oxygen atoms in total. The van der Waals surface area contributed by atoms with Gasteiger partial charge in [0.25, 0.3) is 0 Å². The first kappa shape index (κ1) is 28.4. The van der Waals surface area contributed by atoms with Crippen LogP contribution in [0.2, 0.25) is 0 Å².